The third-order valence-corrected chi connectivity index (χ3v) is 4.63. The molecule has 0 aliphatic carbocycles. The van der Waals surface area contributed by atoms with E-state index < -0.39 is 11.3 Å². The average Bonchev–Trinajstić information content (AvgIpc) is 2.69. The Morgan fingerprint density at radius 2 is 1.71 bits per heavy atom. The van der Waals surface area contributed by atoms with Gasteiger partial charge in [-0.15, -0.1) is 0 Å². The largest absolute Gasteiger partial charge is 0.355 e. The van der Waals surface area contributed by atoms with Crippen molar-refractivity contribution in [1.82, 2.24) is 10.3 Å². The van der Waals surface area contributed by atoms with Gasteiger partial charge in [-0.1, -0.05) is 30.3 Å². The molecule has 0 aliphatic heterocycles. The Morgan fingerprint density at radius 1 is 1.00 bits per heavy atom. The van der Waals surface area contributed by atoms with E-state index in [1.807, 2.05) is 24.3 Å². The molecule has 0 spiro atoms. The maximum atomic E-state index is 12.9. The molecular formula is C22H22FN3O2. The second kappa shape index (κ2) is 8.17. The summed E-state index contributed by atoms with van der Waals surface area (Å²) in [4.78, 5) is 29.6. The Hall–Kier alpha value is -3.28. The summed E-state index contributed by atoms with van der Waals surface area (Å²) >= 11 is 0. The molecule has 0 radical (unpaired) electrons. The third-order valence-electron chi connectivity index (χ3n) is 4.63. The lowest BCUT2D eigenvalue weighted by molar-refractivity contribution is -0.138. The molecule has 2 aromatic carbocycles. The number of nitrogens with one attached hydrogen (secondary N) is 2. The van der Waals surface area contributed by atoms with Crippen molar-refractivity contribution in [2.24, 2.45) is 5.41 Å². The Morgan fingerprint density at radius 3 is 2.46 bits per heavy atom. The zero-order valence-corrected chi connectivity index (χ0v) is 15.8. The first-order valence-corrected chi connectivity index (χ1v) is 9.06. The molecule has 0 saturated heterocycles. The van der Waals surface area contributed by atoms with E-state index in [1.165, 1.54) is 12.1 Å². The van der Waals surface area contributed by atoms with E-state index in [0.29, 0.717) is 24.2 Å². The van der Waals surface area contributed by atoms with Crippen molar-refractivity contribution in [2.75, 3.05) is 11.9 Å². The number of para-hydroxylation sites is 1. The first kappa shape index (κ1) is 19.5. The molecule has 0 saturated carbocycles. The minimum atomic E-state index is -1.26. The van der Waals surface area contributed by atoms with Gasteiger partial charge in [-0.3, -0.25) is 14.6 Å². The summed E-state index contributed by atoms with van der Waals surface area (Å²) in [6.07, 6.45) is 2.21. The van der Waals surface area contributed by atoms with Gasteiger partial charge in [0.15, 0.2) is 0 Å². The van der Waals surface area contributed by atoms with Gasteiger partial charge < -0.3 is 10.6 Å². The molecule has 2 amide bonds. The summed E-state index contributed by atoms with van der Waals surface area (Å²) in [6, 6.07) is 15.3. The van der Waals surface area contributed by atoms with Crippen LogP contribution in [-0.4, -0.2) is 23.3 Å². The number of amides is 2. The molecule has 0 atom stereocenters. The Bertz CT molecular complexity index is 995. The van der Waals surface area contributed by atoms with Gasteiger partial charge in [-0.05, 0) is 50.1 Å². The van der Waals surface area contributed by atoms with Gasteiger partial charge in [0, 0.05) is 18.1 Å². The van der Waals surface area contributed by atoms with E-state index in [4.69, 9.17) is 0 Å². The number of pyridine rings is 1. The van der Waals surface area contributed by atoms with Crippen molar-refractivity contribution < 1.29 is 14.0 Å². The van der Waals surface area contributed by atoms with Crippen LogP contribution >= 0.6 is 0 Å². The number of benzene rings is 2. The second-order valence-corrected chi connectivity index (χ2v) is 7.09. The zero-order valence-electron chi connectivity index (χ0n) is 15.8. The van der Waals surface area contributed by atoms with Gasteiger partial charge in [0.05, 0.1) is 11.2 Å². The molecule has 6 heteroatoms. The number of rotatable bonds is 6. The van der Waals surface area contributed by atoms with Crippen molar-refractivity contribution >= 4 is 28.4 Å². The van der Waals surface area contributed by atoms with E-state index in [0.717, 1.165) is 10.9 Å². The fourth-order valence-electron chi connectivity index (χ4n) is 2.78. The van der Waals surface area contributed by atoms with Crippen LogP contribution < -0.4 is 10.6 Å². The predicted molar refractivity (Wildman–Crippen MR) is 107 cm³/mol. The van der Waals surface area contributed by atoms with Crippen LogP contribution in [0.4, 0.5) is 10.1 Å². The molecule has 1 aromatic heterocycles. The van der Waals surface area contributed by atoms with Crippen LogP contribution in [0.5, 0.6) is 0 Å². The minimum absolute atomic E-state index is 0.298. The maximum absolute atomic E-state index is 12.9. The smallest absolute Gasteiger partial charge is 0.239 e. The summed E-state index contributed by atoms with van der Waals surface area (Å²) in [5, 5.41) is 6.50. The molecule has 28 heavy (non-hydrogen) atoms. The van der Waals surface area contributed by atoms with Gasteiger partial charge in [-0.2, -0.15) is 0 Å². The van der Waals surface area contributed by atoms with Crippen LogP contribution in [0.1, 0.15) is 19.4 Å². The number of halogens is 1. The zero-order chi connectivity index (χ0) is 20.1. The molecule has 0 unspecified atom stereocenters. The Kier molecular flexibility index (Phi) is 5.68. The molecule has 1 heterocycles. The summed E-state index contributed by atoms with van der Waals surface area (Å²) in [5.74, 6) is -1.08. The topological polar surface area (TPSA) is 71.1 Å². The fourth-order valence-corrected chi connectivity index (χ4v) is 2.78. The number of fused-ring (bicyclic) bond motifs is 1. The van der Waals surface area contributed by atoms with Crippen molar-refractivity contribution in [3.8, 4) is 0 Å². The van der Waals surface area contributed by atoms with Gasteiger partial charge in [0.2, 0.25) is 11.8 Å². The molecule has 0 aliphatic rings. The number of nitrogens with zero attached hydrogens (tertiary/aromatic N) is 1. The summed E-state index contributed by atoms with van der Waals surface area (Å²) in [6.45, 7) is 3.51. The van der Waals surface area contributed by atoms with Crippen LogP contribution in [0.2, 0.25) is 0 Å². The van der Waals surface area contributed by atoms with Crippen LogP contribution in [0, 0.1) is 11.2 Å². The minimum Gasteiger partial charge on any atom is -0.355 e. The first-order chi connectivity index (χ1) is 13.4. The number of hydrogen-bond acceptors (Lipinski definition) is 3. The summed E-state index contributed by atoms with van der Waals surface area (Å²) < 4.78 is 12.9. The molecule has 0 bridgehead atoms. The number of carbonyl (C=O) groups is 2. The van der Waals surface area contributed by atoms with Crippen LogP contribution in [0.25, 0.3) is 10.9 Å². The standard InChI is InChI=1S/C22H22FN3O2/c1-22(2,20(27)25-14-12-15-8-10-17(23)11-9-15)21(28)26-18-7-3-5-16-6-4-13-24-19(16)18/h3-11,13H,12,14H2,1-2H3,(H,25,27)(H,26,28). The first-order valence-electron chi connectivity index (χ1n) is 9.06. The van der Waals surface area contributed by atoms with Crippen molar-refractivity contribution in [2.45, 2.75) is 20.3 Å². The number of anilines is 1. The van der Waals surface area contributed by atoms with Gasteiger partial charge in [0.25, 0.3) is 0 Å². The lowest BCUT2D eigenvalue weighted by Gasteiger charge is -2.23. The molecular weight excluding hydrogens is 357 g/mol. The molecule has 5 nitrogen and oxygen atoms in total. The van der Waals surface area contributed by atoms with E-state index in [1.54, 1.807) is 38.2 Å². The quantitative estimate of drug-likeness (QED) is 0.642. The SMILES string of the molecule is CC(C)(C(=O)NCCc1ccc(F)cc1)C(=O)Nc1cccc2cccnc12. The van der Waals surface area contributed by atoms with E-state index >= 15 is 0 Å². The Labute approximate surface area is 163 Å². The second-order valence-electron chi connectivity index (χ2n) is 7.09. The maximum Gasteiger partial charge on any atom is 0.239 e. The van der Waals surface area contributed by atoms with E-state index in [9.17, 15) is 14.0 Å². The van der Waals surface area contributed by atoms with E-state index in [-0.39, 0.29) is 11.7 Å². The average molecular weight is 379 g/mol. The molecule has 3 aromatic rings. The number of carbonyl (C=O) groups excluding carboxylic acids is 2. The van der Waals surface area contributed by atoms with Crippen LogP contribution in [-0.2, 0) is 16.0 Å². The monoisotopic (exact) mass is 379 g/mol. The van der Waals surface area contributed by atoms with Crippen LogP contribution in [0.15, 0.2) is 60.8 Å². The highest BCUT2D eigenvalue weighted by Crippen LogP contribution is 2.24. The Balaban J connectivity index is 1.62. The predicted octanol–water partition coefficient (Wildman–Crippen LogP) is 3.70. The van der Waals surface area contributed by atoms with Gasteiger partial charge >= 0.3 is 0 Å². The van der Waals surface area contributed by atoms with Gasteiger partial charge in [-0.25, -0.2) is 4.39 Å². The highest BCUT2D eigenvalue weighted by atomic mass is 19.1. The highest BCUT2D eigenvalue weighted by molar-refractivity contribution is 6.12. The summed E-state index contributed by atoms with van der Waals surface area (Å²) in [7, 11) is 0. The van der Waals surface area contributed by atoms with E-state index in [2.05, 4.69) is 15.6 Å². The lowest BCUT2D eigenvalue weighted by Crippen LogP contribution is -2.45. The number of hydrogen-bond donors (Lipinski definition) is 2. The molecule has 2 N–H and O–H groups in total. The fraction of sp³-hybridized carbons (Fsp3) is 0.227. The van der Waals surface area contributed by atoms with Gasteiger partial charge in [0.1, 0.15) is 11.2 Å². The third kappa shape index (κ3) is 4.34. The molecule has 144 valence electrons. The number of aromatic nitrogens is 1. The van der Waals surface area contributed by atoms with Crippen LogP contribution in [0.3, 0.4) is 0 Å². The molecule has 3 rings (SSSR count). The summed E-state index contributed by atoms with van der Waals surface area (Å²) in [5.41, 5.74) is 0.881. The lowest BCUT2D eigenvalue weighted by atomic mass is 9.90. The van der Waals surface area contributed by atoms with Crippen molar-refractivity contribution in [3.05, 3.63) is 72.2 Å². The van der Waals surface area contributed by atoms with Crippen molar-refractivity contribution in [3.63, 3.8) is 0 Å². The normalized spacial score (nSPS) is 11.2. The highest BCUT2D eigenvalue weighted by Gasteiger charge is 2.36. The molecule has 0 fully saturated rings. The van der Waals surface area contributed by atoms with Crippen molar-refractivity contribution in [1.29, 1.82) is 0 Å².